The van der Waals surface area contributed by atoms with Crippen LogP contribution in [0.15, 0.2) is 35.7 Å². The molecule has 2 N–H and O–H groups in total. The van der Waals surface area contributed by atoms with Crippen LogP contribution in [-0.2, 0) is 18.4 Å². The van der Waals surface area contributed by atoms with Gasteiger partial charge in [0.05, 0.1) is 16.9 Å². The van der Waals surface area contributed by atoms with E-state index in [1.807, 2.05) is 28.3 Å². The zero-order chi connectivity index (χ0) is 19.9. The van der Waals surface area contributed by atoms with Gasteiger partial charge in [0.1, 0.15) is 5.82 Å². The topological polar surface area (TPSA) is 59.0 Å². The van der Waals surface area contributed by atoms with Gasteiger partial charge in [-0.1, -0.05) is 38.5 Å². The van der Waals surface area contributed by atoms with E-state index in [1.54, 1.807) is 11.3 Å². The lowest BCUT2D eigenvalue weighted by Gasteiger charge is -2.14. The number of nitrogens with one attached hydrogen (secondary N) is 2. The van der Waals surface area contributed by atoms with Crippen molar-refractivity contribution in [3.8, 4) is 5.69 Å². The van der Waals surface area contributed by atoms with Crippen molar-refractivity contribution < 1.29 is 4.79 Å². The highest BCUT2D eigenvalue weighted by atomic mass is 32.1. The molecule has 1 aromatic carbocycles. The van der Waals surface area contributed by atoms with Crippen molar-refractivity contribution in [3.63, 3.8) is 0 Å². The van der Waals surface area contributed by atoms with Gasteiger partial charge >= 0.3 is 0 Å². The first-order chi connectivity index (χ1) is 13.3. The van der Waals surface area contributed by atoms with Gasteiger partial charge < -0.3 is 10.6 Å². The van der Waals surface area contributed by atoms with E-state index in [2.05, 4.69) is 50.5 Å². The molecule has 4 rings (SSSR count). The fraction of sp³-hybridized carbons (Fsp3) is 0.364. The van der Waals surface area contributed by atoms with Gasteiger partial charge in [-0.15, -0.1) is 11.3 Å². The lowest BCUT2D eigenvalue weighted by atomic mass is 9.92. The Bertz CT molecular complexity index is 1010. The maximum Gasteiger partial charge on any atom is 0.257 e. The van der Waals surface area contributed by atoms with E-state index in [0.717, 1.165) is 36.5 Å². The van der Waals surface area contributed by atoms with Crippen LogP contribution < -0.4 is 10.6 Å². The molecule has 1 aliphatic heterocycles. The molecule has 0 atom stereocenters. The zero-order valence-electron chi connectivity index (χ0n) is 16.8. The predicted molar refractivity (Wildman–Crippen MR) is 115 cm³/mol. The van der Waals surface area contributed by atoms with Crippen LogP contribution in [0.25, 0.3) is 5.69 Å². The number of hydrogen-bond donors (Lipinski definition) is 2. The van der Waals surface area contributed by atoms with Crippen molar-refractivity contribution >= 4 is 23.1 Å². The molecule has 6 heteroatoms. The maximum absolute atomic E-state index is 13.1. The lowest BCUT2D eigenvalue weighted by Crippen LogP contribution is -2.24. The normalized spacial score (nSPS) is 14.0. The van der Waals surface area contributed by atoms with Crippen LogP contribution in [0.1, 0.15) is 52.8 Å². The fourth-order valence-corrected chi connectivity index (χ4v) is 4.40. The first kappa shape index (κ1) is 18.9. The van der Waals surface area contributed by atoms with Gasteiger partial charge in [-0.2, -0.15) is 5.10 Å². The van der Waals surface area contributed by atoms with Crippen molar-refractivity contribution in [2.45, 2.75) is 46.1 Å². The number of aryl methyl sites for hydroxylation is 1. The summed E-state index contributed by atoms with van der Waals surface area (Å²) in [7, 11) is 0. The van der Waals surface area contributed by atoms with E-state index in [0.29, 0.717) is 5.82 Å². The first-order valence-corrected chi connectivity index (χ1v) is 10.5. The third kappa shape index (κ3) is 3.62. The standard InChI is InChI=1S/C22H26N4OS/c1-14-5-7-15(8-6-14)26-20(11-19(25-26)22(2,3)4)24-21(27)17-13-28-18-12-23-10-9-16(17)18/h5-8,11,13,23H,9-10,12H2,1-4H3,(H,24,27). The van der Waals surface area contributed by atoms with Crippen LogP contribution in [0.2, 0.25) is 0 Å². The number of anilines is 1. The highest BCUT2D eigenvalue weighted by molar-refractivity contribution is 7.10. The number of amides is 1. The number of carbonyl (C=O) groups excluding carboxylic acids is 1. The molecule has 1 aliphatic rings. The highest BCUT2D eigenvalue weighted by Gasteiger charge is 2.24. The summed E-state index contributed by atoms with van der Waals surface area (Å²) in [6.07, 6.45) is 0.895. The molecule has 0 bridgehead atoms. The Balaban J connectivity index is 1.70. The number of aromatic nitrogens is 2. The van der Waals surface area contributed by atoms with Crippen LogP contribution in [0.4, 0.5) is 5.82 Å². The summed E-state index contributed by atoms with van der Waals surface area (Å²) in [5, 5.41) is 13.3. The largest absolute Gasteiger partial charge is 0.312 e. The molecule has 2 aromatic heterocycles. The molecule has 3 heterocycles. The molecule has 146 valence electrons. The number of carbonyl (C=O) groups is 1. The average molecular weight is 395 g/mol. The average Bonchev–Trinajstić information content (AvgIpc) is 3.26. The van der Waals surface area contributed by atoms with Crippen molar-refractivity contribution in [1.82, 2.24) is 15.1 Å². The van der Waals surface area contributed by atoms with E-state index >= 15 is 0 Å². The number of nitrogens with zero attached hydrogens (tertiary/aromatic N) is 2. The Hall–Kier alpha value is -2.44. The Labute approximate surface area is 169 Å². The SMILES string of the molecule is Cc1ccc(-n2nc(C(C)(C)C)cc2NC(=O)c2csc3c2CCNC3)cc1. The maximum atomic E-state index is 13.1. The fourth-order valence-electron chi connectivity index (χ4n) is 3.35. The smallest absolute Gasteiger partial charge is 0.257 e. The molecule has 28 heavy (non-hydrogen) atoms. The van der Waals surface area contributed by atoms with Crippen LogP contribution >= 0.6 is 11.3 Å². The van der Waals surface area contributed by atoms with Crippen LogP contribution in [0, 0.1) is 6.92 Å². The van der Waals surface area contributed by atoms with Crippen molar-refractivity contribution in [1.29, 1.82) is 0 Å². The van der Waals surface area contributed by atoms with Gasteiger partial charge in [-0.25, -0.2) is 4.68 Å². The molecule has 0 saturated heterocycles. The molecule has 1 amide bonds. The molecule has 0 radical (unpaired) electrons. The van der Waals surface area contributed by atoms with Gasteiger partial charge in [0.2, 0.25) is 0 Å². The number of benzene rings is 1. The van der Waals surface area contributed by atoms with E-state index in [9.17, 15) is 4.79 Å². The first-order valence-electron chi connectivity index (χ1n) is 9.62. The third-order valence-electron chi connectivity index (χ3n) is 5.06. The molecule has 5 nitrogen and oxygen atoms in total. The Kier molecular flexibility index (Phi) is 4.85. The Morgan fingerprint density at radius 2 is 2.00 bits per heavy atom. The predicted octanol–water partition coefficient (Wildman–Crippen LogP) is 4.44. The monoisotopic (exact) mass is 394 g/mol. The summed E-state index contributed by atoms with van der Waals surface area (Å²) in [6.45, 7) is 10.2. The molecule has 3 aromatic rings. The lowest BCUT2D eigenvalue weighted by molar-refractivity contribution is 0.102. The molecule has 0 spiro atoms. The summed E-state index contributed by atoms with van der Waals surface area (Å²) >= 11 is 1.66. The molecular formula is C22H26N4OS. The molecule has 0 unspecified atom stereocenters. The highest BCUT2D eigenvalue weighted by Crippen LogP contribution is 2.29. The van der Waals surface area contributed by atoms with E-state index in [4.69, 9.17) is 5.10 Å². The van der Waals surface area contributed by atoms with Crippen LogP contribution in [0.5, 0.6) is 0 Å². The number of rotatable bonds is 3. The van der Waals surface area contributed by atoms with Gasteiger partial charge in [0.25, 0.3) is 5.91 Å². The summed E-state index contributed by atoms with van der Waals surface area (Å²) < 4.78 is 1.83. The van der Waals surface area contributed by atoms with E-state index < -0.39 is 0 Å². The van der Waals surface area contributed by atoms with Crippen molar-refractivity contribution in [2.75, 3.05) is 11.9 Å². The summed E-state index contributed by atoms with van der Waals surface area (Å²) in [5.41, 5.74) is 4.93. The second-order valence-electron chi connectivity index (χ2n) is 8.34. The second-order valence-corrected chi connectivity index (χ2v) is 9.31. The van der Waals surface area contributed by atoms with Gasteiger partial charge in [0, 0.05) is 28.3 Å². The molecule has 0 saturated carbocycles. The minimum absolute atomic E-state index is 0.0619. The molecule has 0 fully saturated rings. The summed E-state index contributed by atoms with van der Waals surface area (Å²) in [6, 6.07) is 10.2. The van der Waals surface area contributed by atoms with Crippen LogP contribution in [0.3, 0.4) is 0 Å². The van der Waals surface area contributed by atoms with Gasteiger partial charge in [-0.3, -0.25) is 4.79 Å². The third-order valence-corrected chi connectivity index (χ3v) is 6.09. The summed E-state index contributed by atoms with van der Waals surface area (Å²) in [5.74, 6) is 0.640. The van der Waals surface area contributed by atoms with Crippen LogP contribution in [-0.4, -0.2) is 22.2 Å². The minimum Gasteiger partial charge on any atom is -0.312 e. The van der Waals surface area contributed by atoms with Crippen molar-refractivity contribution in [3.05, 3.63) is 63.0 Å². The second kappa shape index (κ2) is 7.18. The Morgan fingerprint density at radius 1 is 1.25 bits per heavy atom. The van der Waals surface area contributed by atoms with Gasteiger partial charge in [-0.05, 0) is 37.6 Å². The quantitative estimate of drug-likeness (QED) is 0.691. The van der Waals surface area contributed by atoms with E-state index in [1.165, 1.54) is 16.0 Å². The zero-order valence-corrected chi connectivity index (χ0v) is 17.6. The van der Waals surface area contributed by atoms with E-state index in [-0.39, 0.29) is 11.3 Å². The Morgan fingerprint density at radius 3 is 2.71 bits per heavy atom. The molecule has 0 aliphatic carbocycles. The summed E-state index contributed by atoms with van der Waals surface area (Å²) in [4.78, 5) is 14.3. The molecular weight excluding hydrogens is 368 g/mol. The minimum atomic E-state index is -0.108. The van der Waals surface area contributed by atoms with Crippen molar-refractivity contribution in [2.24, 2.45) is 0 Å². The number of hydrogen-bond acceptors (Lipinski definition) is 4. The number of thiophene rings is 1. The van der Waals surface area contributed by atoms with Gasteiger partial charge in [0.15, 0.2) is 0 Å². The number of fused-ring (bicyclic) bond motifs is 1.